The molecule has 0 N–H and O–H groups in total. The van der Waals surface area contributed by atoms with Gasteiger partial charge in [-0.2, -0.15) is 0 Å². The Morgan fingerprint density at radius 1 is 1.25 bits per heavy atom. The second-order valence-electron chi connectivity index (χ2n) is 4.80. The van der Waals surface area contributed by atoms with Gasteiger partial charge in [-0.25, -0.2) is 0 Å². The van der Waals surface area contributed by atoms with Crippen LogP contribution in [0.1, 0.15) is 38.7 Å². The van der Waals surface area contributed by atoms with Crippen LogP contribution in [0.2, 0.25) is 0 Å². The van der Waals surface area contributed by atoms with Crippen molar-refractivity contribution in [3.63, 3.8) is 0 Å². The summed E-state index contributed by atoms with van der Waals surface area (Å²) in [7, 11) is 0. The number of ether oxygens (including phenoxy) is 1. The summed E-state index contributed by atoms with van der Waals surface area (Å²) in [6.45, 7) is 6.57. The summed E-state index contributed by atoms with van der Waals surface area (Å²) in [5, 5.41) is 0. The summed E-state index contributed by atoms with van der Waals surface area (Å²) < 4.78 is 6.00. The van der Waals surface area contributed by atoms with Crippen LogP contribution in [-0.4, -0.2) is 12.2 Å². The molecule has 0 aliphatic carbocycles. The van der Waals surface area contributed by atoms with Crippen molar-refractivity contribution < 1.29 is 4.74 Å². The van der Waals surface area contributed by atoms with Crippen molar-refractivity contribution in [1.29, 1.82) is 0 Å². The van der Waals surface area contributed by atoms with Crippen molar-refractivity contribution in [2.24, 2.45) is 0 Å². The lowest BCUT2D eigenvalue weighted by molar-refractivity contribution is -0.000553. The van der Waals surface area contributed by atoms with Crippen LogP contribution >= 0.6 is 0 Å². The highest BCUT2D eigenvalue weighted by Gasteiger charge is 2.24. The highest BCUT2D eigenvalue weighted by molar-refractivity contribution is 5.21. The molecule has 0 saturated heterocycles. The van der Waals surface area contributed by atoms with E-state index >= 15 is 0 Å². The molecule has 0 bridgehead atoms. The van der Waals surface area contributed by atoms with E-state index in [0.29, 0.717) is 12.0 Å². The molecular formula is C15H20O. The van der Waals surface area contributed by atoms with E-state index < -0.39 is 0 Å². The van der Waals surface area contributed by atoms with Gasteiger partial charge >= 0.3 is 0 Å². The zero-order valence-electron chi connectivity index (χ0n) is 10.3. The Balaban J connectivity index is 2.12. The third-order valence-electron chi connectivity index (χ3n) is 3.31. The first-order valence-electron chi connectivity index (χ1n) is 6.04. The Labute approximate surface area is 98.1 Å². The predicted molar refractivity (Wildman–Crippen MR) is 67.6 cm³/mol. The van der Waals surface area contributed by atoms with Gasteiger partial charge in [0.05, 0.1) is 12.2 Å². The zero-order valence-corrected chi connectivity index (χ0v) is 10.3. The molecule has 16 heavy (non-hydrogen) atoms. The van der Waals surface area contributed by atoms with Gasteiger partial charge in [-0.3, -0.25) is 0 Å². The smallest absolute Gasteiger partial charge is 0.0734 e. The van der Waals surface area contributed by atoms with Crippen molar-refractivity contribution in [3.8, 4) is 0 Å². The molecule has 0 radical (unpaired) electrons. The number of hydrogen-bond acceptors (Lipinski definition) is 1. The summed E-state index contributed by atoms with van der Waals surface area (Å²) in [6, 6.07) is 10.6. The average molecular weight is 216 g/mol. The third kappa shape index (κ3) is 2.53. The fourth-order valence-electron chi connectivity index (χ4n) is 2.42. The Morgan fingerprint density at radius 3 is 2.56 bits per heavy atom. The summed E-state index contributed by atoms with van der Waals surface area (Å²) in [5.41, 5.74) is 2.82. The lowest BCUT2D eigenvalue weighted by atomic mass is 9.89. The van der Waals surface area contributed by atoms with Crippen LogP contribution in [-0.2, 0) is 4.74 Å². The fraction of sp³-hybridized carbons (Fsp3) is 0.467. The topological polar surface area (TPSA) is 9.23 Å². The largest absolute Gasteiger partial charge is 0.370 e. The number of hydrogen-bond donors (Lipinski definition) is 0. The second-order valence-corrected chi connectivity index (χ2v) is 4.80. The first-order chi connectivity index (χ1) is 7.66. The minimum atomic E-state index is 0.255. The molecule has 0 aromatic heterocycles. The Bertz CT molecular complexity index is 366. The van der Waals surface area contributed by atoms with Crippen LogP contribution < -0.4 is 0 Å². The molecule has 3 atom stereocenters. The molecule has 0 fully saturated rings. The first kappa shape index (κ1) is 11.4. The van der Waals surface area contributed by atoms with Crippen LogP contribution in [0.3, 0.4) is 0 Å². The van der Waals surface area contributed by atoms with Crippen molar-refractivity contribution in [2.75, 3.05) is 0 Å². The Kier molecular flexibility index (Phi) is 3.45. The standard InChI is InChI=1S/C15H20O/c1-11-9-12(2)16-15(10-11)13(3)14-7-5-4-6-8-14/h4-9,12-13,15H,10H2,1-3H3/t12-,13+,15+/m0/s1. The average Bonchev–Trinajstić information content (AvgIpc) is 2.28. The monoisotopic (exact) mass is 216 g/mol. The summed E-state index contributed by atoms with van der Waals surface area (Å²) >= 11 is 0. The number of rotatable bonds is 2. The van der Waals surface area contributed by atoms with E-state index in [-0.39, 0.29) is 6.10 Å². The molecule has 1 aliphatic rings. The molecule has 1 aromatic carbocycles. The van der Waals surface area contributed by atoms with Crippen LogP contribution in [0.5, 0.6) is 0 Å². The van der Waals surface area contributed by atoms with E-state index in [9.17, 15) is 0 Å². The lowest BCUT2D eigenvalue weighted by Crippen LogP contribution is -2.28. The van der Waals surface area contributed by atoms with Crippen LogP contribution in [0, 0.1) is 0 Å². The van der Waals surface area contributed by atoms with E-state index in [2.05, 4.69) is 57.2 Å². The van der Waals surface area contributed by atoms with Gasteiger partial charge in [0.2, 0.25) is 0 Å². The van der Waals surface area contributed by atoms with Crippen molar-refractivity contribution in [2.45, 2.75) is 45.3 Å². The van der Waals surface area contributed by atoms with Gasteiger partial charge in [-0.15, -0.1) is 0 Å². The predicted octanol–water partition coefficient (Wildman–Crippen LogP) is 3.91. The lowest BCUT2D eigenvalue weighted by Gasteiger charge is -2.31. The molecular weight excluding hydrogens is 196 g/mol. The summed E-state index contributed by atoms with van der Waals surface area (Å²) in [6.07, 6.45) is 3.85. The number of benzene rings is 1. The highest BCUT2D eigenvalue weighted by Crippen LogP contribution is 2.30. The van der Waals surface area contributed by atoms with Crippen molar-refractivity contribution in [3.05, 3.63) is 47.5 Å². The highest BCUT2D eigenvalue weighted by atomic mass is 16.5. The fourth-order valence-corrected chi connectivity index (χ4v) is 2.42. The molecule has 2 rings (SSSR count). The molecule has 86 valence electrons. The molecule has 0 unspecified atom stereocenters. The molecule has 1 heteroatoms. The Hall–Kier alpha value is -1.08. The van der Waals surface area contributed by atoms with Crippen molar-refractivity contribution >= 4 is 0 Å². The second kappa shape index (κ2) is 4.84. The normalized spacial score (nSPS) is 27.3. The quantitative estimate of drug-likeness (QED) is 0.681. The molecule has 1 heterocycles. The van der Waals surface area contributed by atoms with E-state index in [1.807, 2.05) is 0 Å². The minimum absolute atomic E-state index is 0.255. The van der Waals surface area contributed by atoms with Gasteiger partial charge in [0, 0.05) is 5.92 Å². The molecule has 1 aliphatic heterocycles. The molecule has 0 spiro atoms. The molecule has 0 saturated carbocycles. The third-order valence-corrected chi connectivity index (χ3v) is 3.31. The van der Waals surface area contributed by atoms with Gasteiger partial charge in [0.15, 0.2) is 0 Å². The summed E-state index contributed by atoms with van der Waals surface area (Å²) in [4.78, 5) is 0. The maximum absolute atomic E-state index is 6.00. The Morgan fingerprint density at radius 2 is 1.94 bits per heavy atom. The van der Waals surface area contributed by atoms with E-state index in [0.717, 1.165) is 6.42 Å². The van der Waals surface area contributed by atoms with Gasteiger partial charge in [0.1, 0.15) is 0 Å². The van der Waals surface area contributed by atoms with E-state index in [4.69, 9.17) is 4.74 Å². The summed E-state index contributed by atoms with van der Waals surface area (Å²) in [5.74, 6) is 0.465. The van der Waals surface area contributed by atoms with E-state index in [1.54, 1.807) is 0 Å². The maximum atomic E-state index is 6.00. The maximum Gasteiger partial charge on any atom is 0.0734 e. The SMILES string of the molecule is CC1=C[C@H](C)O[C@@H]([C@H](C)c2ccccc2)C1. The van der Waals surface area contributed by atoms with Crippen LogP contribution in [0.25, 0.3) is 0 Å². The van der Waals surface area contributed by atoms with E-state index in [1.165, 1.54) is 11.1 Å². The first-order valence-corrected chi connectivity index (χ1v) is 6.04. The molecule has 0 amide bonds. The van der Waals surface area contributed by atoms with Crippen LogP contribution in [0.15, 0.2) is 42.0 Å². The van der Waals surface area contributed by atoms with Gasteiger partial charge in [-0.05, 0) is 25.8 Å². The molecule has 1 nitrogen and oxygen atoms in total. The van der Waals surface area contributed by atoms with Gasteiger partial charge in [0.25, 0.3) is 0 Å². The van der Waals surface area contributed by atoms with Gasteiger partial charge < -0.3 is 4.74 Å². The molecule has 1 aromatic rings. The zero-order chi connectivity index (χ0) is 11.5. The van der Waals surface area contributed by atoms with Gasteiger partial charge in [-0.1, -0.05) is 48.9 Å². The minimum Gasteiger partial charge on any atom is -0.370 e. The van der Waals surface area contributed by atoms with Crippen molar-refractivity contribution in [1.82, 2.24) is 0 Å². The van der Waals surface area contributed by atoms with Crippen LogP contribution in [0.4, 0.5) is 0 Å².